The molecule has 0 radical (unpaired) electrons. The Bertz CT molecular complexity index is 518. The van der Waals surface area contributed by atoms with Gasteiger partial charge in [-0.1, -0.05) is 0 Å². The van der Waals surface area contributed by atoms with E-state index in [0.717, 1.165) is 0 Å². The van der Waals surface area contributed by atoms with Gasteiger partial charge in [-0.15, -0.1) is 0 Å². The molecule has 0 saturated carbocycles. The summed E-state index contributed by atoms with van der Waals surface area (Å²) in [6.45, 7) is 9.34. The van der Waals surface area contributed by atoms with E-state index in [9.17, 15) is 0 Å². The van der Waals surface area contributed by atoms with Crippen LogP contribution in [0.3, 0.4) is 0 Å². The van der Waals surface area contributed by atoms with Crippen LogP contribution in [-0.2, 0) is 12.8 Å². The Kier molecular flexibility index (Phi) is 2.60. The number of hydrogen-bond acceptors (Lipinski definition) is 0. The second-order valence-electron chi connectivity index (χ2n) is 4.68. The molecule has 0 nitrogen and oxygen atoms in total. The van der Waals surface area contributed by atoms with Crippen molar-refractivity contribution in [2.75, 3.05) is 0 Å². The first-order valence-corrected chi connectivity index (χ1v) is 9.20. The third-order valence-corrected chi connectivity index (χ3v) is 9.82. The fraction of sp³-hybridized carbons (Fsp3) is 0.429. The maximum atomic E-state index is 2.34. The van der Waals surface area contributed by atoms with Crippen molar-refractivity contribution in [1.29, 1.82) is 0 Å². The van der Waals surface area contributed by atoms with Crippen LogP contribution in [0, 0.1) is 27.7 Å². The topological polar surface area (TPSA) is 0 Å². The quantitative estimate of drug-likeness (QED) is 0.646. The summed E-state index contributed by atoms with van der Waals surface area (Å²) in [6, 6.07) is 0. The number of hydrogen-bond donors (Lipinski definition) is 0. The second-order valence-corrected chi connectivity index (χ2v) is 9.82. The minimum absolute atomic E-state index is 0.646. The van der Waals surface area contributed by atoms with E-state index in [1.54, 1.807) is 40.0 Å². The molecule has 0 spiro atoms. The van der Waals surface area contributed by atoms with E-state index in [4.69, 9.17) is 0 Å². The molecule has 0 bridgehead atoms. The molecule has 1 aliphatic rings. The maximum absolute atomic E-state index is 2.34. The molecule has 1 aliphatic carbocycles. The summed E-state index contributed by atoms with van der Waals surface area (Å²) in [5, 5.41) is 0. The molecule has 2 aromatic heterocycles. The normalized spacial score (nSPS) is 13.8. The van der Waals surface area contributed by atoms with Gasteiger partial charge in [-0.05, 0) is 0 Å². The summed E-state index contributed by atoms with van der Waals surface area (Å²) < 4.78 is 6.90. The van der Waals surface area contributed by atoms with Gasteiger partial charge in [0.1, 0.15) is 0 Å². The van der Waals surface area contributed by atoms with Crippen molar-refractivity contribution < 1.29 is 0 Å². The molecular formula is C14H16Se2. The molecule has 2 heterocycles. The van der Waals surface area contributed by atoms with Crippen LogP contribution in [0.1, 0.15) is 31.1 Å². The minimum atomic E-state index is 0.646. The van der Waals surface area contributed by atoms with Crippen LogP contribution in [0.25, 0.3) is 8.87 Å². The first-order chi connectivity index (χ1) is 7.59. The van der Waals surface area contributed by atoms with Crippen molar-refractivity contribution >= 4 is 29.0 Å². The van der Waals surface area contributed by atoms with Gasteiger partial charge in [0.15, 0.2) is 0 Å². The number of rotatable bonds is 0. The molecule has 0 unspecified atom stereocenters. The Morgan fingerprint density at radius 2 is 1.06 bits per heavy atom. The van der Waals surface area contributed by atoms with Gasteiger partial charge in [0.2, 0.25) is 0 Å². The van der Waals surface area contributed by atoms with Crippen LogP contribution < -0.4 is 0 Å². The van der Waals surface area contributed by atoms with E-state index in [1.807, 2.05) is 0 Å². The fourth-order valence-electron chi connectivity index (χ4n) is 2.57. The van der Waals surface area contributed by atoms with Crippen LogP contribution >= 0.6 is 0 Å². The molecule has 0 aliphatic heterocycles. The Hall–Kier alpha value is -0.00104. The third kappa shape index (κ3) is 1.41. The van der Waals surface area contributed by atoms with E-state index >= 15 is 0 Å². The first kappa shape index (κ1) is 11.1. The predicted octanol–water partition coefficient (Wildman–Crippen LogP) is 2.80. The van der Waals surface area contributed by atoms with Gasteiger partial charge in [-0.2, -0.15) is 0 Å². The summed E-state index contributed by atoms with van der Waals surface area (Å²) >= 11 is 1.29. The average Bonchev–Trinajstić information content (AvgIpc) is 2.70. The van der Waals surface area contributed by atoms with Crippen LogP contribution in [0.15, 0.2) is 0 Å². The molecule has 3 rings (SSSR count). The van der Waals surface area contributed by atoms with Crippen molar-refractivity contribution in [2.24, 2.45) is 0 Å². The van der Waals surface area contributed by atoms with Crippen LogP contribution in [-0.4, -0.2) is 29.0 Å². The van der Waals surface area contributed by atoms with Gasteiger partial charge in [-0.3, -0.25) is 0 Å². The van der Waals surface area contributed by atoms with Gasteiger partial charge in [0.25, 0.3) is 0 Å². The van der Waals surface area contributed by atoms with E-state index in [-0.39, 0.29) is 0 Å². The molecule has 0 N–H and O–H groups in total. The first-order valence-electron chi connectivity index (χ1n) is 5.77. The zero-order valence-corrected chi connectivity index (χ0v) is 13.7. The zero-order chi connectivity index (χ0) is 11.4. The SMILES string of the molecule is Cc1[se]c2c(c1C)CCc1c-2[se]c(C)c1C. The van der Waals surface area contributed by atoms with Crippen molar-refractivity contribution in [3.8, 4) is 8.87 Å². The molecule has 0 saturated heterocycles. The zero-order valence-electron chi connectivity index (χ0n) is 10.2. The van der Waals surface area contributed by atoms with E-state index in [1.165, 1.54) is 12.8 Å². The van der Waals surface area contributed by atoms with Crippen molar-refractivity contribution in [3.63, 3.8) is 0 Å². The van der Waals surface area contributed by atoms with E-state index in [0.29, 0.717) is 29.0 Å². The summed E-state index contributed by atoms with van der Waals surface area (Å²) in [4.78, 5) is 0. The van der Waals surface area contributed by atoms with Gasteiger partial charge >= 0.3 is 110 Å². The molecule has 0 aromatic carbocycles. The van der Waals surface area contributed by atoms with Crippen LogP contribution in [0.4, 0.5) is 0 Å². The summed E-state index contributed by atoms with van der Waals surface area (Å²) in [6.07, 6.45) is 2.61. The number of aryl methyl sites for hydroxylation is 2. The third-order valence-electron chi connectivity index (χ3n) is 3.85. The Morgan fingerprint density at radius 1 is 0.688 bits per heavy atom. The van der Waals surface area contributed by atoms with E-state index in [2.05, 4.69) is 27.7 Å². The van der Waals surface area contributed by atoms with E-state index < -0.39 is 0 Å². The average molecular weight is 342 g/mol. The van der Waals surface area contributed by atoms with Crippen LogP contribution in [0.5, 0.6) is 0 Å². The van der Waals surface area contributed by atoms with Gasteiger partial charge < -0.3 is 0 Å². The fourth-order valence-corrected chi connectivity index (χ4v) is 8.41. The van der Waals surface area contributed by atoms with Gasteiger partial charge in [-0.25, -0.2) is 0 Å². The Balaban J connectivity index is 2.31. The van der Waals surface area contributed by atoms with Crippen molar-refractivity contribution in [3.05, 3.63) is 31.1 Å². The standard InChI is InChI=1S/C14H16Se2/c1-7-9(3)15-13-11(7)5-6-12-8(2)10(4)16-14(12)13/h5-6H2,1-4H3. The molecule has 2 heteroatoms. The van der Waals surface area contributed by atoms with Gasteiger partial charge in [0.05, 0.1) is 0 Å². The summed E-state index contributed by atoms with van der Waals surface area (Å²) in [7, 11) is 0. The van der Waals surface area contributed by atoms with Crippen molar-refractivity contribution in [1.82, 2.24) is 0 Å². The summed E-state index contributed by atoms with van der Waals surface area (Å²) in [5.41, 5.74) is 6.69. The van der Waals surface area contributed by atoms with Crippen LogP contribution in [0.2, 0.25) is 0 Å². The summed E-state index contributed by atoms with van der Waals surface area (Å²) in [5.74, 6) is 0. The molecule has 0 atom stereocenters. The van der Waals surface area contributed by atoms with Crippen molar-refractivity contribution in [2.45, 2.75) is 40.5 Å². The second kappa shape index (κ2) is 3.75. The molecular weight excluding hydrogens is 326 g/mol. The Morgan fingerprint density at radius 3 is 1.44 bits per heavy atom. The molecule has 84 valence electrons. The molecule has 0 amide bonds. The molecule has 0 fully saturated rings. The predicted molar refractivity (Wildman–Crippen MR) is 72.1 cm³/mol. The Labute approximate surface area is 109 Å². The molecule has 16 heavy (non-hydrogen) atoms. The monoisotopic (exact) mass is 344 g/mol. The molecule has 2 aromatic rings. The number of fused-ring (bicyclic) bond motifs is 3. The van der Waals surface area contributed by atoms with Gasteiger partial charge in [0, 0.05) is 0 Å².